The van der Waals surface area contributed by atoms with Crippen molar-refractivity contribution in [1.29, 1.82) is 5.26 Å². The number of aromatic nitrogens is 3. The summed E-state index contributed by atoms with van der Waals surface area (Å²) < 4.78 is 1.80. The Morgan fingerprint density at radius 2 is 2.07 bits per heavy atom. The summed E-state index contributed by atoms with van der Waals surface area (Å²) in [6.45, 7) is 0.478. The van der Waals surface area contributed by atoms with Crippen molar-refractivity contribution in [2.75, 3.05) is 12.8 Å². The van der Waals surface area contributed by atoms with Crippen LogP contribution in [0.25, 0.3) is 5.69 Å². The van der Waals surface area contributed by atoms with E-state index in [1.54, 1.807) is 41.0 Å². The predicted molar refractivity (Wildman–Crippen MR) is 105 cm³/mol. The second kappa shape index (κ2) is 8.71. The molecule has 3 aromatic rings. The summed E-state index contributed by atoms with van der Waals surface area (Å²) >= 11 is 7.36. The number of amides is 1. The fraction of sp³-hybridized carbons (Fsp3) is 0.158. The van der Waals surface area contributed by atoms with Crippen LogP contribution in [-0.2, 0) is 11.3 Å². The Labute approximate surface area is 166 Å². The molecule has 1 heterocycles. The normalized spacial score (nSPS) is 10.4. The lowest BCUT2D eigenvalue weighted by molar-refractivity contribution is -0.127. The maximum atomic E-state index is 12.4. The van der Waals surface area contributed by atoms with Crippen LogP contribution in [0.15, 0.2) is 60.0 Å². The summed E-state index contributed by atoms with van der Waals surface area (Å²) in [6, 6.07) is 16.6. The number of carbonyl (C=O) groups is 1. The highest BCUT2D eigenvalue weighted by atomic mass is 35.5. The van der Waals surface area contributed by atoms with Gasteiger partial charge in [0.15, 0.2) is 5.16 Å². The first kappa shape index (κ1) is 19.0. The summed E-state index contributed by atoms with van der Waals surface area (Å²) in [4.78, 5) is 14.1. The molecule has 0 bridgehead atoms. The van der Waals surface area contributed by atoms with Gasteiger partial charge < -0.3 is 4.90 Å². The lowest BCUT2D eigenvalue weighted by Crippen LogP contribution is -2.27. The number of hydrogen-bond donors (Lipinski definition) is 0. The van der Waals surface area contributed by atoms with Gasteiger partial charge in [-0.15, -0.1) is 10.2 Å². The Balaban J connectivity index is 1.61. The Kier molecular flexibility index (Phi) is 6.12. The second-order valence-corrected chi connectivity index (χ2v) is 7.19. The van der Waals surface area contributed by atoms with Crippen molar-refractivity contribution < 1.29 is 4.79 Å². The molecule has 1 aromatic heterocycles. The smallest absolute Gasteiger partial charge is 0.233 e. The van der Waals surface area contributed by atoms with Crippen LogP contribution < -0.4 is 0 Å². The fourth-order valence-corrected chi connectivity index (χ4v) is 3.46. The Morgan fingerprint density at radius 1 is 1.30 bits per heavy atom. The number of nitrogens with zero attached hydrogens (tertiary/aromatic N) is 5. The highest BCUT2D eigenvalue weighted by Crippen LogP contribution is 2.22. The zero-order valence-electron chi connectivity index (χ0n) is 14.5. The molecule has 0 saturated carbocycles. The van der Waals surface area contributed by atoms with Gasteiger partial charge in [0.1, 0.15) is 6.33 Å². The fourth-order valence-electron chi connectivity index (χ4n) is 2.41. The highest BCUT2D eigenvalue weighted by Gasteiger charge is 2.14. The molecule has 0 aliphatic carbocycles. The van der Waals surface area contributed by atoms with Crippen molar-refractivity contribution in [1.82, 2.24) is 19.7 Å². The van der Waals surface area contributed by atoms with Crippen LogP contribution in [0.3, 0.4) is 0 Å². The van der Waals surface area contributed by atoms with E-state index >= 15 is 0 Å². The number of halogens is 1. The topological polar surface area (TPSA) is 74.8 Å². The number of rotatable bonds is 6. The zero-order chi connectivity index (χ0) is 19.2. The summed E-state index contributed by atoms with van der Waals surface area (Å²) in [5.74, 6) is 0.219. The van der Waals surface area contributed by atoms with Gasteiger partial charge >= 0.3 is 0 Å². The molecule has 0 atom stereocenters. The Hall–Kier alpha value is -2.82. The molecule has 8 heteroatoms. The lowest BCUT2D eigenvalue weighted by atomic mass is 10.1. The van der Waals surface area contributed by atoms with Gasteiger partial charge in [0.2, 0.25) is 5.91 Å². The Bertz CT molecular complexity index is 980. The van der Waals surface area contributed by atoms with Gasteiger partial charge in [-0.1, -0.05) is 41.6 Å². The average molecular weight is 398 g/mol. The SMILES string of the molecule is CN(Cc1ccc(C#N)cc1)C(=O)CSc1nncn1-c1cccc(Cl)c1. The van der Waals surface area contributed by atoms with E-state index in [1.165, 1.54) is 11.8 Å². The van der Waals surface area contributed by atoms with E-state index < -0.39 is 0 Å². The van der Waals surface area contributed by atoms with Gasteiger partial charge in [0, 0.05) is 18.6 Å². The summed E-state index contributed by atoms with van der Waals surface area (Å²) in [7, 11) is 1.75. The number of hydrogen-bond acceptors (Lipinski definition) is 5. The minimum atomic E-state index is -0.0231. The lowest BCUT2D eigenvalue weighted by Gasteiger charge is -2.17. The van der Waals surface area contributed by atoms with E-state index in [0.29, 0.717) is 22.3 Å². The van der Waals surface area contributed by atoms with Crippen LogP contribution in [0.2, 0.25) is 5.02 Å². The van der Waals surface area contributed by atoms with Crippen LogP contribution >= 0.6 is 23.4 Å². The molecule has 0 N–H and O–H groups in total. The van der Waals surface area contributed by atoms with Crippen molar-refractivity contribution in [3.8, 4) is 11.8 Å². The van der Waals surface area contributed by atoms with Crippen molar-refractivity contribution in [2.24, 2.45) is 0 Å². The van der Waals surface area contributed by atoms with Gasteiger partial charge in [-0.25, -0.2) is 0 Å². The zero-order valence-corrected chi connectivity index (χ0v) is 16.1. The van der Waals surface area contributed by atoms with Crippen molar-refractivity contribution >= 4 is 29.3 Å². The van der Waals surface area contributed by atoms with Gasteiger partial charge in [-0.2, -0.15) is 5.26 Å². The van der Waals surface area contributed by atoms with E-state index in [4.69, 9.17) is 16.9 Å². The first-order valence-electron chi connectivity index (χ1n) is 8.08. The minimum Gasteiger partial charge on any atom is -0.341 e. The molecule has 0 aliphatic rings. The largest absolute Gasteiger partial charge is 0.341 e. The maximum absolute atomic E-state index is 12.4. The van der Waals surface area contributed by atoms with Crippen molar-refractivity contribution in [3.05, 3.63) is 71.0 Å². The van der Waals surface area contributed by atoms with Crippen molar-refractivity contribution in [2.45, 2.75) is 11.7 Å². The number of nitriles is 1. The van der Waals surface area contributed by atoms with E-state index in [1.807, 2.05) is 30.3 Å². The quantitative estimate of drug-likeness (QED) is 0.594. The molecule has 0 unspecified atom stereocenters. The number of benzene rings is 2. The molecule has 27 heavy (non-hydrogen) atoms. The van der Waals surface area contributed by atoms with Crippen LogP contribution in [0.1, 0.15) is 11.1 Å². The number of carbonyl (C=O) groups excluding carboxylic acids is 1. The van der Waals surface area contributed by atoms with E-state index in [0.717, 1.165) is 11.3 Å². The van der Waals surface area contributed by atoms with Gasteiger partial charge in [-0.3, -0.25) is 9.36 Å². The highest BCUT2D eigenvalue weighted by molar-refractivity contribution is 7.99. The molecule has 0 fully saturated rings. The average Bonchev–Trinajstić information content (AvgIpc) is 3.15. The monoisotopic (exact) mass is 397 g/mol. The molecule has 0 aliphatic heterocycles. The number of thioether (sulfide) groups is 1. The molecule has 136 valence electrons. The summed E-state index contributed by atoms with van der Waals surface area (Å²) in [6.07, 6.45) is 1.60. The molecule has 0 saturated heterocycles. The minimum absolute atomic E-state index is 0.0231. The molecular formula is C19H16ClN5OS. The van der Waals surface area contributed by atoms with E-state index in [-0.39, 0.29) is 11.7 Å². The third-order valence-corrected chi connectivity index (χ3v) is 5.02. The van der Waals surface area contributed by atoms with Crippen LogP contribution in [0.5, 0.6) is 0 Å². The standard InChI is InChI=1S/C19H16ClN5OS/c1-24(11-15-7-5-14(10-21)6-8-15)18(26)12-27-19-23-22-13-25(19)17-4-2-3-16(20)9-17/h2-9,13H,11-12H2,1H3. The molecule has 3 rings (SSSR count). The van der Waals surface area contributed by atoms with Gasteiger partial charge in [0.05, 0.1) is 23.1 Å². The van der Waals surface area contributed by atoms with Crippen LogP contribution in [-0.4, -0.2) is 38.4 Å². The molecule has 0 radical (unpaired) electrons. The summed E-state index contributed by atoms with van der Waals surface area (Å²) in [5, 5.41) is 18.1. The van der Waals surface area contributed by atoms with E-state index in [2.05, 4.69) is 16.3 Å². The molecule has 6 nitrogen and oxygen atoms in total. The molecular weight excluding hydrogens is 382 g/mol. The van der Waals surface area contributed by atoms with Crippen molar-refractivity contribution in [3.63, 3.8) is 0 Å². The first-order chi connectivity index (χ1) is 13.1. The van der Waals surface area contributed by atoms with Crippen LogP contribution in [0, 0.1) is 11.3 Å². The molecule has 2 aromatic carbocycles. The third kappa shape index (κ3) is 4.88. The first-order valence-corrected chi connectivity index (χ1v) is 9.45. The predicted octanol–water partition coefficient (Wildman–Crippen LogP) is 3.54. The van der Waals surface area contributed by atoms with Crippen LogP contribution in [0.4, 0.5) is 0 Å². The summed E-state index contributed by atoms with van der Waals surface area (Å²) in [5.41, 5.74) is 2.41. The third-order valence-electron chi connectivity index (χ3n) is 3.86. The van der Waals surface area contributed by atoms with E-state index in [9.17, 15) is 4.79 Å². The van der Waals surface area contributed by atoms with Gasteiger partial charge in [-0.05, 0) is 35.9 Å². The molecule has 0 spiro atoms. The second-order valence-electron chi connectivity index (χ2n) is 5.81. The maximum Gasteiger partial charge on any atom is 0.233 e. The molecule has 1 amide bonds. The Morgan fingerprint density at radius 3 is 2.78 bits per heavy atom. The van der Waals surface area contributed by atoms with Gasteiger partial charge in [0.25, 0.3) is 0 Å².